The first kappa shape index (κ1) is 21.4. The molecule has 2 aromatic rings. The summed E-state index contributed by atoms with van der Waals surface area (Å²) in [5.74, 6) is 1.31. The summed E-state index contributed by atoms with van der Waals surface area (Å²) in [5, 5.41) is 6.24. The van der Waals surface area contributed by atoms with Gasteiger partial charge >= 0.3 is 0 Å². The van der Waals surface area contributed by atoms with E-state index in [4.69, 9.17) is 9.47 Å². The third kappa shape index (κ3) is 5.55. The van der Waals surface area contributed by atoms with E-state index in [9.17, 15) is 4.79 Å². The predicted octanol–water partition coefficient (Wildman–Crippen LogP) is 4.30. The van der Waals surface area contributed by atoms with Gasteiger partial charge < -0.3 is 25.0 Å². The van der Waals surface area contributed by atoms with E-state index in [1.807, 2.05) is 31.2 Å². The van der Waals surface area contributed by atoms with E-state index in [0.29, 0.717) is 24.5 Å². The molecular formula is C22H31N3O3. The van der Waals surface area contributed by atoms with Crippen LogP contribution >= 0.6 is 0 Å². The second kappa shape index (κ2) is 10.4. The normalized spacial score (nSPS) is 10.3. The summed E-state index contributed by atoms with van der Waals surface area (Å²) < 4.78 is 10.5. The van der Waals surface area contributed by atoms with Gasteiger partial charge in [-0.3, -0.25) is 4.79 Å². The fraction of sp³-hybridized carbons (Fsp3) is 0.409. The number of carbonyl (C=O) groups excluding carboxylic acids is 1. The average molecular weight is 386 g/mol. The van der Waals surface area contributed by atoms with Crippen molar-refractivity contribution in [2.75, 3.05) is 49.4 Å². The first-order valence-corrected chi connectivity index (χ1v) is 9.63. The van der Waals surface area contributed by atoms with Crippen LogP contribution in [-0.2, 0) is 4.79 Å². The fourth-order valence-electron chi connectivity index (χ4n) is 3.05. The molecule has 152 valence electrons. The van der Waals surface area contributed by atoms with Gasteiger partial charge in [-0.2, -0.15) is 0 Å². The molecule has 0 saturated heterocycles. The van der Waals surface area contributed by atoms with Gasteiger partial charge in [0, 0.05) is 49.2 Å². The molecule has 6 nitrogen and oxygen atoms in total. The largest absolute Gasteiger partial charge is 0.493 e. The second-order valence-corrected chi connectivity index (χ2v) is 6.47. The van der Waals surface area contributed by atoms with Gasteiger partial charge in [0.1, 0.15) is 0 Å². The lowest BCUT2D eigenvalue weighted by Gasteiger charge is -2.22. The Balaban J connectivity index is 1.89. The molecule has 1 amide bonds. The van der Waals surface area contributed by atoms with Crippen LogP contribution in [0.1, 0.15) is 25.8 Å². The zero-order valence-electron chi connectivity index (χ0n) is 17.5. The van der Waals surface area contributed by atoms with Crippen molar-refractivity contribution in [2.24, 2.45) is 0 Å². The minimum atomic E-state index is -0.0216. The molecule has 0 aromatic heterocycles. The van der Waals surface area contributed by atoms with Crippen molar-refractivity contribution in [3.8, 4) is 11.5 Å². The van der Waals surface area contributed by atoms with Gasteiger partial charge in [0.25, 0.3) is 0 Å². The molecule has 0 radical (unpaired) electrons. The lowest BCUT2D eigenvalue weighted by molar-refractivity contribution is -0.115. The zero-order valence-corrected chi connectivity index (χ0v) is 17.5. The summed E-state index contributed by atoms with van der Waals surface area (Å²) >= 11 is 0. The van der Waals surface area contributed by atoms with E-state index < -0.39 is 0 Å². The third-order valence-corrected chi connectivity index (χ3v) is 4.68. The maximum atomic E-state index is 12.3. The van der Waals surface area contributed by atoms with Crippen LogP contribution in [0, 0.1) is 6.92 Å². The van der Waals surface area contributed by atoms with Crippen molar-refractivity contribution < 1.29 is 14.3 Å². The molecule has 0 aliphatic rings. The summed E-state index contributed by atoms with van der Waals surface area (Å²) in [6.45, 7) is 8.75. The molecular weight excluding hydrogens is 354 g/mol. The highest BCUT2D eigenvalue weighted by atomic mass is 16.5. The molecule has 0 saturated carbocycles. The molecule has 0 aliphatic heterocycles. The van der Waals surface area contributed by atoms with E-state index in [2.05, 4.69) is 41.5 Å². The Morgan fingerprint density at radius 2 is 1.71 bits per heavy atom. The Bertz CT molecular complexity index is 789. The minimum absolute atomic E-state index is 0.0216. The molecule has 28 heavy (non-hydrogen) atoms. The minimum Gasteiger partial charge on any atom is -0.493 e. The molecule has 0 aliphatic carbocycles. The number of rotatable bonds is 10. The number of aryl methyl sites for hydroxylation is 1. The van der Waals surface area contributed by atoms with Gasteiger partial charge in [-0.05, 0) is 56.7 Å². The van der Waals surface area contributed by atoms with Gasteiger partial charge in [-0.15, -0.1) is 0 Å². The van der Waals surface area contributed by atoms with Crippen molar-refractivity contribution in [3.05, 3.63) is 42.0 Å². The summed E-state index contributed by atoms with van der Waals surface area (Å²) in [7, 11) is 3.20. The van der Waals surface area contributed by atoms with E-state index in [1.54, 1.807) is 14.2 Å². The fourth-order valence-corrected chi connectivity index (χ4v) is 3.05. The van der Waals surface area contributed by atoms with E-state index >= 15 is 0 Å². The molecule has 0 atom stereocenters. The van der Waals surface area contributed by atoms with E-state index in [0.717, 1.165) is 30.0 Å². The molecule has 2 aromatic carbocycles. The Morgan fingerprint density at radius 1 is 1.00 bits per heavy atom. The van der Waals surface area contributed by atoms with Crippen molar-refractivity contribution >= 4 is 23.0 Å². The predicted molar refractivity (Wildman–Crippen MR) is 116 cm³/mol. The van der Waals surface area contributed by atoms with Crippen LogP contribution in [0.25, 0.3) is 0 Å². The van der Waals surface area contributed by atoms with Gasteiger partial charge in [-0.1, -0.05) is 0 Å². The average Bonchev–Trinajstić information content (AvgIpc) is 2.70. The van der Waals surface area contributed by atoms with Crippen molar-refractivity contribution in [1.29, 1.82) is 0 Å². The molecule has 0 fully saturated rings. The number of hydrogen-bond acceptors (Lipinski definition) is 5. The topological polar surface area (TPSA) is 62.8 Å². The van der Waals surface area contributed by atoms with E-state index in [1.165, 1.54) is 5.69 Å². The summed E-state index contributed by atoms with van der Waals surface area (Å²) in [6.07, 6.45) is 0.367. The number of benzene rings is 2. The SMILES string of the molecule is CCN(CC)c1ccc(NC(=O)CCNc2ccc(OC)c(OC)c2)c(C)c1. The number of amides is 1. The van der Waals surface area contributed by atoms with Crippen LogP contribution in [0.5, 0.6) is 11.5 Å². The Hall–Kier alpha value is -2.89. The maximum absolute atomic E-state index is 12.3. The van der Waals surface area contributed by atoms with Gasteiger partial charge in [0.15, 0.2) is 11.5 Å². The first-order chi connectivity index (χ1) is 13.5. The van der Waals surface area contributed by atoms with Crippen LogP contribution in [0.2, 0.25) is 0 Å². The Labute approximate surface area is 167 Å². The summed E-state index contributed by atoms with van der Waals surface area (Å²) in [5.41, 5.74) is 3.97. The molecule has 0 spiro atoms. The molecule has 0 heterocycles. The number of nitrogens with zero attached hydrogens (tertiary/aromatic N) is 1. The smallest absolute Gasteiger partial charge is 0.226 e. The number of methoxy groups -OCH3 is 2. The Morgan fingerprint density at radius 3 is 2.32 bits per heavy atom. The third-order valence-electron chi connectivity index (χ3n) is 4.68. The van der Waals surface area contributed by atoms with Crippen LogP contribution in [0.3, 0.4) is 0 Å². The number of nitrogens with one attached hydrogen (secondary N) is 2. The highest BCUT2D eigenvalue weighted by molar-refractivity contribution is 5.92. The quantitative estimate of drug-likeness (QED) is 0.638. The highest BCUT2D eigenvalue weighted by Gasteiger charge is 2.09. The van der Waals surface area contributed by atoms with E-state index in [-0.39, 0.29) is 5.91 Å². The molecule has 6 heteroatoms. The standard InChI is InChI=1S/C22H31N3O3/c1-6-25(7-2)18-9-10-19(16(3)14-18)24-22(26)12-13-23-17-8-11-20(27-4)21(15-17)28-5/h8-11,14-15,23H,6-7,12-13H2,1-5H3,(H,24,26). The number of carbonyl (C=O) groups is 1. The maximum Gasteiger partial charge on any atom is 0.226 e. The number of ether oxygens (including phenoxy) is 2. The highest BCUT2D eigenvalue weighted by Crippen LogP contribution is 2.29. The Kier molecular flexibility index (Phi) is 7.99. The van der Waals surface area contributed by atoms with Gasteiger partial charge in [0.2, 0.25) is 5.91 Å². The van der Waals surface area contributed by atoms with Crippen LogP contribution in [0.15, 0.2) is 36.4 Å². The molecule has 2 rings (SSSR count). The van der Waals surface area contributed by atoms with Crippen molar-refractivity contribution in [1.82, 2.24) is 0 Å². The monoisotopic (exact) mass is 385 g/mol. The van der Waals surface area contributed by atoms with Crippen molar-refractivity contribution in [2.45, 2.75) is 27.2 Å². The van der Waals surface area contributed by atoms with Crippen LogP contribution in [-0.4, -0.2) is 39.8 Å². The lowest BCUT2D eigenvalue weighted by Crippen LogP contribution is -2.22. The molecule has 0 unspecified atom stereocenters. The number of hydrogen-bond donors (Lipinski definition) is 2. The van der Waals surface area contributed by atoms with Crippen LogP contribution < -0.4 is 25.0 Å². The summed E-state index contributed by atoms with van der Waals surface area (Å²) in [6, 6.07) is 11.7. The molecule has 0 bridgehead atoms. The molecule has 2 N–H and O–H groups in total. The lowest BCUT2D eigenvalue weighted by atomic mass is 10.1. The van der Waals surface area contributed by atoms with Crippen LogP contribution in [0.4, 0.5) is 17.1 Å². The first-order valence-electron chi connectivity index (χ1n) is 9.63. The number of anilines is 3. The summed E-state index contributed by atoms with van der Waals surface area (Å²) in [4.78, 5) is 14.6. The van der Waals surface area contributed by atoms with Gasteiger partial charge in [-0.25, -0.2) is 0 Å². The van der Waals surface area contributed by atoms with Gasteiger partial charge in [0.05, 0.1) is 14.2 Å². The van der Waals surface area contributed by atoms with Crippen molar-refractivity contribution in [3.63, 3.8) is 0 Å². The second-order valence-electron chi connectivity index (χ2n) is 6.47. The zero-order chi connectivity index (χ0) is 20.5.